The number of anilines is 1. The maximum atomic E-state index is 13.2. The van der Waals surface area contributed by atoms with E-state index in [9.17, 15) is 4.39 Å². The zero-order valence-corrected chi connectivity index (χ0v) is 8.37. The summed E-state index contributed by atoms with van der Waals surface area (Å²) in [5.74, 6) is -0.387. The molecule has 0 aliphatic heterocycles. The Morgan fingerprint density at radius 3 is 2.53 bits per heavy atom. The number of hydrogen-bond acceptors (Lipinski definition) is 2. The molecule has 2 nitrogen and oxygen atoms in total. The van der Waals surface area contributed by atoms with Crippen LogP contribution >= 0.6 is 0 Å². The summed E-state index contributed by atoms with van der Waals surface area (Å²) < 4.78 is 13.2. The van der Waals surface area contributed by atoms with Gasteiger partial charge in [0.15, 0.2) is 0 Å². The monoisotopic (exact) mass is 202 g/mol. The van der Waals surface area contributed by atoms with Crippen molar-refractivity contribution in [1.29, 1.82) is 0 Å². The number of aromatic nitrogens is 1. The van der Waals surface area contributed by atoms with E-state index in [1.807, 2.05) is 19.1 Å². The lowest BCUT2D eigenvalue weighted by Crippen LogP contribution is -1.91. The van der Waals surface area contributed by atoms with E-state index in [-0.39, 0.29) is 11.5 Å². The molecule has 15 heavy (non-hydrogen) atoms. The Morgan fingerprint density at radius 1 is 1.13 bits per heavy atom. The van der Waals surface area contributed by atoms with Crippen LogP contribution in [0.25, 0.3) is 11.1 Å². The topological polar surface area (TPSA) is 38.9 Å². The summed E-state index contributed by atoms with van der Waals surface area (Å²) in [5.41, 5.74) is 8.25. The van der Waals surface area contributed by atoms with Gasteiger partial charge in [-0.25, -0.2) is 4.39 Å². The first-order valence-corrected chi connectivity index (χ1v) is 4.65. The van der Waals surface area contributed by atoms with Crippen LogP contribution in [0.15, 0.2) is 36.5 Å². The molecule has 0 spiro atoms. The van der Waals surface area contributed by atoms with Gasteiger partial charge in [0.25, 0.3) is 0 Å². The van der Waals surface area contributed by atoms with Gasteiger partial charge in [-0.2, -0.15) is 0 Å². The van der Waals surface area contributed by atoms with Crippen molar-refractivity contribution < 1.29 is 4.39 Å². The van der Waals surface area contributed by atoms with Crippen molar-refractivity contribution in [3.63, 3.8) is 0 Å². The molecule has 0 unspecified atom stereocenters. The Hall–Kier alpha value is -1.90. The van der Waals surface area contributed by atoms with Crippen molar-refractivity contribution in [2.45, 2.75) is 6.92 Å². The first-order valence-electron chi connectivity index (χ1n) is 4.65. The second-order valence-corrected chi connectivity index (χ2v) is 3.42. The summed E-state index contributed by atoms with van der Waals surface area (Å²) in [5, 5.41) is 0. The van der Waals surface area contributed by atoms with Crippen LogP contribution in [0.1, 0.15) is 5.69 Å². The highest BCUT2D eigenvalue weighted by molar-refractivity contribution is 5.65. The second-order valence-electron chi connectivity index (χ2n) is 3.42. The SMILES string of the molecule is Cc1cc(-c2ccc(N)c(F)c2)ccn1. The molecule has 0 radical (unpaired) electrons. The fraction of sp³-hybridized carbons (Fsp3) is 0.0833. The van der Waals surface area contributed by atoms with Gasteiger partial charge in [-0.3, -0.25) is 4.98 Å². The van der Waals surface area contributed by atoms with Crippen LogP contribution < -0.4 is 5.73 Å². The molecule has 0 amide bonds. The number of nitrogens with two attached hydrogens (primary N) is 1. The summed E-state index contributed by atoms with van der Waals surface area (Å²) in [6.07, 6.45) is 1.71. The van der Waals surface area contributed by atoms with E-state index in [1.165, 1.54) is 6.07 Å². The Labute approximate surface area is 87.6 Å². The van der Waals surface area contributed by atoms with E-state index in [1.54, 1.807) is 18.3 Å². The van der Waals surface area contributed by atoms with E-state index in [0.29, 0.717) is 0 Å². The molecule has 2 N–H and O–H groups in total. The summed E-state index contributed by atoms with van der Waals surface area (Å²) in [4.78, 5) is 4.09. The molecule has 0 atom stereocenters. The minimum atomic E-state index is -0.387. The molecule has 76 valence electrons. The molecule has 0 fully saturated rings. The number of aryl methyl sites for hydroxylation is 1. The predicted octanol–water partition coefficient (Wildman–Crippen LogP) is 2.78. The number of nitrogens with zero attached hydrogens (tertiary/aromatic N) is 1. The van der Waals surface area contributed by atoms with Crippen molar-refractivity contribution in [3.8, 4) is 11.1 Å². The van der Waals surface area contributed by atoms with Crippen molar-refractivity contribution in [2.24, 2.45) is 0 Å². The Morgan fingerprint density at radius 2 is 1.87 bits per heavy atom. The van der Waals surface area contributed by atoms with Crippen LogP contribution in [0, 0.1) is 12.7 Å². The first-order chi connectivity index (χ1) is 7.16. The maximum Gasteiger partial charge on any atom is 0.146 e. The molecule has 3 heteroatoms. The highest BCUT2D eigenvalue weighted by Gasteiger charge is 2.02. The summed E-state index contributed by atoms with van der Waals surface area (Å²) in [6.45, 7) is 1.90. The van der Waals surface area contributed by atoms with Crippen LogP contribution in [0.3, 0.4) is 0 Å². The highest BCUT2D eigenvalue weighted by Crippen LogP contribution is 2.22. The van der Waals surface area contributed by atoms with Gasteiger partial charge in [0.05, 0.1) is 5.69 Å². The Balaban J connectivity index is 2.50. The van der Waals surface area contributed by atoms with Gasteiger partial charge in [-0.05, 0) is 42.3 Å². The molecule has 1 heterocycles. The van der Waals surface area contributed by atoms with Gasteiger partial charge in [0, 0.05) is 11.9 Å². The van der Waals surface area contributed by atoms with E-state index >= 15 is 0 Å². The molecule has 0 aliphatic carbocycles. The average Bonchev–Trinajstić information content (AvgIpc) is 2.22. The minimum absolute atomic E-state index is 0.171. The van der Waals surface area contributed by atoms with Gasteiger partial charge in [0.1, 0.15) is 5.82 Å². The van der Waals surface area contributed by atoms with Crippen molar-refractivity contribution in [3.05, 3.63) is 48.0 Å². The lowest BCUT2D eigenvalue weighted by Gasteiger charge is -2.03. The van der Waals surface area contributed by atoms with Gasteiger partial charge in [-0.1, -0.05) is 6.07 Å². The summed E-state index contributed by atoms with van der Waals surface area (Å²) in [6, 6.07) is 8.56. The van der Waals surface area contributed by atoms with E-state index in [2.05, 4.69) is 4.98 Å². The lowest BCUT2D eigenvalue weighted by molar-refractivity contribution is 0.633. The average molecular weight is 202 g/mol. The molecule has 1 aromatic carbocycles. The van der Waals surface area contributed by atoms with Crippen molar-refractivity contribution in [1.82, 2.24) is 4.98 Å². The van der Waals surface area contributed by atoms with Gasteiger partial charge in [0.2, 0.25) is 0 Å². The molecule has 0 aliphatic rings. The Kier molecular flexibility index (Phi) is 2.37. The molecule has 0 saturated heterocycles. The van der Waals surface area contributed by atoms with E-state index in [4.69, 9.17) is 5.73 Å². The quantitative estimate of drug-likeness (QED) is 0.722. The third kappa shape index (κ3) is 1.96. The zero-order valence-electron chi connectivity index (χ0n) is 8.37. The predicted molar refractivity (Wildman–Crippen MR) is 58.8 cm³/mol. The fourth-order valence-electron chi connectivity index (χ4n) is 1.43. The molecule has 0 saturated carbocycles. The molecular formula is C12H11FN2. The lowest BCUT2D eigenvalue weighted by atomic mass is 10.1. The first kappa shape index (κ1) is 9.65. The number of pyridine rings is 1. The fourth-order valence-corrected chi connectivity index (χ4v) is 1.43. The normalized spacial score (nSPS) is 10.3. The number of halogens is 1. The van der Waals surface area contributed by atoms with Gasteiger partial charge >= 0.3 is 0 Å². The standard InChI is InChI=1S/C12H11FN2/c1-8-6-10(4-5-15-8)9-2-3-12(14)11(13)7-9/h2-7H,14H2,1H3. The van der Waals surface area contributed by atoms with Crippen molar-refractivity contribution >= 4 is 5.69 Å². The van der Waals surface area contributed by atoms with Crippen LogP contribution in [-0.2, 0) is 0 Å². The number of hydrogen-bond donors (Lipinski definition) is 1. The van der Waals surface area contributed by atoms with Crippen molar-refractivity contribution in [2.75, 3.05) is 5.73 Å². The van der Waals surface area contributed by atoms with E-state index in [0.717, 1.165) is 16.8 Å². The molecule has 1 aromatic heterocycles. The van der Waals surface area contributed by atoms with E-state index < -0.39 is 0 Å². The number of nitrogen functional groups attached to an aromatic ring is 1. The number of benzene rings is 1. The largest absolute Gasteiger partial charge is 0.396 e. The molecule has 2 rings (SSSR count). The highest BCUT2D eigenvalue weighted by atomic mass is 19.1. The van der Waals surface area contributed by atoms with Crippen LogP contribution in [-0.4, -0.2) is 4.98 Å². The maximum absolute atomic E-state index is 13.2. The smallest absolute Gasteiger partial charge is 0.146 e. The van der Waals surface area contributed by atoms with Crippen LogP contribution in [0.5, 0.6) is 0 Å². The van der Waals surface area contributed by atoms with Gasteiger partial charge in [-0.15, -0.1) is 0 Å². The minimum Gasteiger partial charge on any atom is -0.396 e. The molecule has 2 aromatic rings. The van der Waals surface area contributed by atoms with Gasteiger partial charge < -0.3 is 5.73 Å². The Bertz CT molecular complexity index is 495. The number of rotatable bonds is 1. The molecular weight excluding hydrogens is 191 g/mol. The zero-order chi connectivity index (χ0) is 10.8. The second kappa shape index (κ2) is 3.69. The summed E-state index contributed by atoms with van der Waals surface area (Å²) >= 11 is 0. The van der Waals surface area contributed by atoms with Crippen LogP contribution in [0.2, 0.25) is 0 Å². The van der Waals surface area contributed by atoms with Crippen LogP contribution in [0.4, 0.5) is 10.1 Å². The molecule has 0 bridgehead atoms. The third-order valence-corrected chi connectivity index (χ3v) is 2.23. The third-order valence-electron chi connectivity index (χ3n) is 2.23. The summed E-state index contributed by atoms with van der Waals surface area (Å²) in [7, 11) is 0.